The monoisotopic (exact) mass is 294 g/mol. The van der Waals surface area contributed by atoms with Gasteiger partial charge in [0.25, 0.3) is 5.91 Å². The number of rotatable bonds is 1. The highest BCUT2D eigenvalue weighted by Crippen LogP contribution is 2.41. The van der Waals surface area contributed by atoms with E-state index in [2.05, 4.69) is 0 Å². The average Bonchev–Trinajstić information content (AvgIpc) is 2.64. The summed E-state index contributed by atoms with van der Waals surface area (Å²) in [7, 11) is 0. The quantitative estimate of drug-likeness (QED) is 0.747. The molecular weight excluding hydrogens is 278 g/mol. The number of fused-ring (bicyclic) bond motifs is 1. The predicted molar refractivity (Wildman–Crippen MR) is 72.7 cm³/mol. The van der Waals surface area contributed by atoms with Gasteiger partial charge in [-0.3, -0.25) is 4.79 Å². The van der Waals surface area contributed by atoms with E-state index in [1.165, 1.54) is 4.90 Å². The predicted octanol–water partition coefficient (Wildman–Crippen LogP) is 2.92. The second kappa shape index (κ2) is 4.51. The van der Waals surface area contributed by atoms with Gasteiger partial charge < -0.3 is 4.90 Å². The van der Waals surface area contributed by atoms with Crippen LogP contribution in [-0.2, 0) is 4.79 Å². The summed E-state index contributed by atoms with van der Waals surface area (Å²) in [5.74, 6) is -2.09. The molecule has 2 heterocycles. The van der Waals surface area contributed by atoms with Crippen molar-refractivity contribution < 1.29 is 18.4 Å². The Hall–Kier alpha value is -1.98. The Morgan fingerprint density at radius 3 is 2.57 bits per heavy atom. The third kappa shape index (κ3) is 2.01. The van der Waals surface area contributed by atoms with Crippen molar-refractivity contribution in [3.8, 4) is 0 Å². The van der Waals surface area contributed by atoms with E-state index in [4.69, 9.17) is 0 Å². The van der Waals surface area contributed by atoms with Crippen LogP contribution in [0.1, 0.15) is 26.7 Å². The van der Waals surface area contributed by atoms with E-state index in [0.717, 1.165) is 29.9 Å². The number of imide groups is 1. The van der Waals surface area contributed by atoms with E-state index in [0.29, 0.717) is 12.6 Å². The summed E-state index contributed by atoms with van der Waals surface area (Å²) in [5.41, 5.74) is -0.535. The molecule has 2 saturated heterocycles. The fourth-order valence-corrected chi connectivity index (χ4v) is 3.30. The van der Waals surface area contributed by atoms with Crippen LogP contribution in [0.3, 0.4) is 0 Å². The highest BCUT2D eigenvalue weighted by atomic mass is 19.1. The van der Waals surface area contributed by atoms with Crippen LogP contribution < -0.4 is 4.90 Å². The molecule has 1 aromatic carbocycles. The lowest BCUT2D eigenvalue weighted by atomic mass is 9.77. The first-order valence-electron chi connectivity index (χ1n) is 6.92. The fourth-order valence-electron chi connectivity index (χ4n) is 3.30. The molecule has 3 amide bonds. The molecule has 1 unspecified atom stereocenters. The number of anilines is 1. The number of carbonyl (C=O) groups is 2. The molecule has 0 aromatic heterocycles. The molecule has 0 N–H and O–H groups in total. The summed E-state index contributed by atoms with van der Waals surface area (Å²) in [6.07, 6.45) is 1.63. The van der Waals surface area contributed by atoms with Crippen molar-refractivity contribution in [2.24, 2.45) is 5.41 Å². The zero-order valence-corrected chi connectivity index (χ0v) is 11.9. The first-order valence-corrected chi connectivity index (χ1v) is 6.92. The van der Waals surface area contributed by atoms with Crippen LogP contribution in [0.4, 0.5) is 19.3 Å². The van der Waals surface area contributed by atoms with Crippen LogP contribution in [0.5, 0.6) is 0 Å². The number of hydrogen-bond acceptors (Lipinski definition) is 2. The lowest BCUT2D eigenvalue weighted by molar-refractivity contribution is -0.124. The first-order chi connectivity index (χ1) is 9.83. The molecule has 0 bridgehead atoms. The van der Waals surface area contributed by atoms with Gasteiger partial charge in [0, 0.05) is 12.6 Å². The maximum Gasteiger partial charge on any atom is 0.332 e. The SMILES string of the molecule is CC1(C)CCCN2C(=O)N(c3ccc(F)cc3F)C(=O)C21. The Morgan fingerprint density at radius 2 is 1.95 bits per heavy atom. The van der Waals surface area contributed by atoms with Crippen LogP contribution in [-0.4, -0.2) is 29.4 Å². The second-order valence-corrected chi connectivity index (χ2v) is 6.24. The molecular formula is C15H16F2N2O2. The normalized spacial score (nSPS) is 24.5. The van der Waals surface area contributed by atoms with Crippen molar-refractivity contribution in [3.63, 3.8) is 0 Å². The Bertz CT molecular complexity index is 630. The van der Waals surface area contributed by atoms with Gasteiger partial charge in [0.05, 0.1) is 5.69 Å². The Morgan fingerprint density at radius 1 is 1.24 bits per heavy atom. The standard InChI is InChI=1S/C15H16F2N2O2/c1-15(2)6-3-7-18-12(15)13(20)19(14(18)21)11-5-4-9(16)8-10(11)17/h4-5,8,12H,3,6-7H2,1-2H3. The third-order valence-electron chi connectivity index (χ3n) is 4.31. The van der Waals surface area contributed by atoms with E-state index in [1.54, 1.807) is 0 Å². The van der Waals surface area contributed by atoms with Gasteiger partial charge >= 0.3 is 6.03 Å². The lowest BCUT2D eigenvalue weighted by Gasteiger charge is -2.39. The van der Waals surface area contributed by atoms with Gasteiger partial charge in [-0.1, -0.05) is 13.8 Å². The molecule has 1 atom stereocenters. The second-order valence-electron chi connectivity index (χ2n) is 6.24. The smallest absolute Gasteiger partial charge is 0.311 e. The maximum absolute atomic E-state index is 13.9. The maximum atomic E-state index is 13.9. The molecule has 0 radical (unpaired) electrons. The van der Waals surface area contributed by atoms with Gasteiger partial charge in [-0.2, -0.15) is 0 Å². The average molecular weight is 294 g/mol. The molecule has 0 spiro atoms. The highest BCUT2D eigenvalue weighted by molar-refractivity contribution is 6.21. The topological polar surface area (TPSA) is 40.6 Å². The number of piperidine rings is 1. The van der Waals surface area contributed by atoms with E-state index < -0.39 is 29.6 Å². The molecule has 3 rings (SSSR count). The van der Waals surface area contributed by atoms with E-state index >= 15 is 0 Å². The Labute approximate surface area is 121 Å². The summed E-state index contributed by atoms with van der Waals surface area (Å²) in [6, 6.07) is 1.75. The van der Waals surface area contributed by atoms with Crippen LogP contribution in [0.15, 0.2) is 18.2 Å². The van der Waals surface area contributed by atoms with Crippen LogP contribution in [0.25, 0.3) is 0 Å². The molecule has 4 nitrogen and oxygen atoms in total. The molecule has 21 heavy (non-hydrogen) atoms. The number of halogens is 2. The lowest BCUT2D eigenvalue weighted by Crippen LogP contribution is -2.49. The number of urea groups is 1. The van der Waals surface area contributed by atoms with Gasteiger partial charge in [0.15, 0.2) is 0 Å². The summed E-state index contributed by atoms with van der Waals surface area (Å²) in [4.78, 5) is 27.4. The first kappa shape index (κ1) is 14.0. The van der Waals surface area contributed by atoms with E-state index in [9.17, 15) is 18.4 Å². The van der Waals surface area contributed by atoms with E-state index in [1.807, 2.05) is 13.8 Å². The van der Waals surface area contributed by atoms with Gasteiger partial charge in [-0.05, 0) is 30.4 Å². The third-order valence-corrected chi connectivity index (χ3v) is 4.31. The van der Waals surface area contributed by atoms with Crippen LogP contribution in [0.2, 0.25) is 0 Å². The zero-order chi connectivity index (χ0) is 15.4. The Balaban J connectivity index is 2.05. The largest absolute Gasteiger partial charge is 0.332 e. The minimum absolute atomic E-state index is 0.184. The molecule has 6 heteroatoms. The number of benzene rings is 1. The van der Waals surface area contributed by atoms with Crippen molar-refractivity contribution in [2.45, 2.75) is 32.7 Å². The van der Waals surface area contributed by atoms with Gasteiger partial charge in [-0.15, -0.1) is 0 Å². The summed E-state index contributed by atoms with van der Waals surface area (Å²) in [5, 5.41) is 0. The minimum atomic E-state index is -0.908. The molecule has 2 aliphatic rings. The molecule has 0 aliphatic carbocycles. The molecule has 2 fully saturated rings. The number of carbonyl (C=O) groups excluding carboxylic acids is 2. The van der Waals surface area contributed by atoms with Gasteiger partial charge in [0.2, 0.25) is 0 Å². The van der Waals surface area contributed by atoms with Crippen LogP contribution >= 0.6 is 0 Å². The summed E-state index contributed by atoms with van der Waals surface area (Å²) < 4.78 is 26.9. The van der Waals surface area contributed by atoms with Crippen molar-refractivity contribution in [1.29, 1.82) is 0 Å². The molecule has 2 aliphatic heterocycles. The molecule has 112 valence electrons. The molecule has 0 saturated carbocycles. The molecule has 1 aromatic rings. The number of nitrogens with zero attached hydrogens (tertiary/aromatic N) is 2. The summed E-state index contributed by atoms with van der Waals surface area (Å²) >= 11 is 0. The zero-order valence-electron chi connectivity index (χ0n) is 11.9. The van der Waals surface area contributed by atoms with Crippen molar-refractivity contribution in [3.05, 3.63) is 29.8 Å². The fraction of sp³-hybridized carbons (Fsp3) is 0.467. The van der Waals surface area contributed by atoms with Crippen molar-refractivity contribution in [2.75, 3.05) is 11.4 Å². The number of hydrogen-bond donors (Lipinski definition) is 0. The van der Waals surface area contributed by atoms with Crippen LogP contribution in [0, 0.1) is 17.0 Å². The van der Waals surface area contributed by atoms with Gasteiger partial charge in [0.1, 0.15) is 17.7 Å². The highest BCUT2D eigenvalue weighted by Gasteiger charge is 2.54. The number of amides is 3. The van der Waals surface area contributed by atoms with Crippen molar-refractivity contribution in [1.82, 2.24) is 4.90 Å². The van der Waals surface area contributed by atoms with Crippen molar-refractivity contribution >= 4 is 17.6 Å². The summed E-state index contributed by atoms with van der Waals surface area (Å²) in [6.45, 7) is 4.34. The van der Waals surface area contributed by atoms with Gasteiger partial charge in [-0.25, -0.2) is 18.5 Å². The van der Waals surface area contributed by atoms with E-state index in [-0.39, 0.29) is 11.1 Å². The Kier molecular flexibility index (Phi) is 3.00. The minimum Gasteiger partial charge on any atom is -0.311 e.